The number of nitrogens with zero attached hydrogens (tertiary/aromatic N) is 4. The Morgan fingerprint density at radius 3 is 2.48 bits per heavy atom. The Labute approximate surface area is 171 Å². The molecule has 2 fully saturated rings. The zero-order chi connectivity index (χ0) is 19.6. The summed E-state index contributed by atoms with van der Waals surface area (Å²) in [7, 11) is 0. The number of fused-ring (bicyclic) bond motifs is 1. The first-order chi connectivity index (χ1) is 14.3. The van der Waals surface area contributed by atoms with Crippen LogP contribution in [0.15, 0.2) is 48.9 Å². The average Bonchev–Trinajstić information content (AvgIpc) is 2.79. The van der Waals surface area contributed by atoms with Gasteiger partial charge in [0.25, 0.3) is 0 Å². The Morgan fingerprint density at radius 2 is 1.69 bits per heavy atom. The molecule has 0 amide bonds. The van der Waals surface area contributed by atoms with Crippen LogP contribution in [-0.4, -0.2) is 50.2 Å². The number of pyridine rings is 3. The molecule has 3 aromatic heterocycles. The zero-order valence-electron chi connectivity index (χ0n) is 16.7. The van der Waals surface area contributed by atoms with Crippen molar-refractivity contribution in [1.29, 1.82) is 0 Å². The summed E-state index contributed by atoms with van der Waals surface area (Å²) >= 11 is 0. The van der Waals surface area contributed by atoms with E-state index in [9.17, 15) is 5.11 Å². The molecule has 1 aliphatic heterocycles. The monoisotopic (exact) mass is 388 g/mol. The summed E-state index contributed by atoms with van der Waals surface area (Å²) in [5, 5.41) is 11.4. The van der Waals surface area contributed by atoms with Crippen molar-refractivity contribution in [2.75, 3.05) is 13.1 Å². The van der Waals surface area contributed by atoms with Crippen LogP contribution in [0.2, 0.25) is 0 Å². The molecule has 3 aromatic rings. The highest BCUT2D eigenvalue weighted by molar-refractivity contribution is 5.80. The van der Waals surface area contributed by atoms with Crippen LogP contribution >= 0.6 is 0 Å². The SMILES string of the molecule is OC1CCCCC1N1CCC(c2ccc3cc(-c4ccncc4)cnc3n2)CC1. The van der Waals surface area contributed by atoms with Crippen LogP contribution in [0.3, 0.4) is 0 Å². The number of rotatable bonds is 3. The first kappa shape index (κ1) is 18.6. The van der Waals surface area contributed by atoms with Gasteiger partial charge in [0.15, 0.2) is 5.65 Å². The molecule has 2 unspecified atom stereocenters. The van der Waals surface area contributed by atoms with Gasteiger partial charge in [-0.25, -0.2) is 9.97 Å². The normalized spacial score (nSPS) is 24.0. The molecule has 0 spiro atoms. The van der Waals surface area contributed by atoms with Crippen LogP contribution in [0.5, 0.6) is 0 Å². The van der Waals surface area contributed by atoms with Crippen LogP contribution in [-0.2, 0) is 0 Å². The molecule has 29 heavy (non-hydrogen) atoms. The van der Waals surface area contributed by atoms with Gasteiger partial charge in [0.2, 0.25) is 0 Å². The van der Waals surface area contributed by atoms with E-state index in [-0.39, 0.29) is 6.10 Å². The van der Waals surface area contributed by atoms with Gasteiger partial charge in [-0.2, -0.15) is 0 Å². The molecule has 1 aliphatic carbocycles. The lowest BCUT2D eigenvalue weighted by molar-refractivity contribution is 0.00855. The third-order valence-electron chi connectivity index (χ3n) is 6.69. The summed E-state index contributed by atoms with van der Waals surface area (Å²) in [5.41, 5.74) is 4.19. The molecular formula is C24H28N4O. The second-order valence-electron chi connectivity index (χ2n) is 8.47. The Morgan fingerprint density at radius 1 is 0.897 bits per heavy atom. The molecule has 150 valence electrons. The summed E-state index contributed by atoms with van der Waals surface area (Å²) in [6.07, 6.45) is 12.1. The van der Waals surface area contributed by atoms with Crippen LogP contribution in [0, 0.1) is 0 Å². The van der Waals surface area contributed by atoms with Crippen molar-refractivity contribution in [2.45, 2.75) is 56.6 Å². The highest BCUT2D eigenvalue weighted by atomic mass is 16.3. The van der Waals surface area contributed by atoms with Crippen molar-refractivity contribution in [3.63, 3.8) is 0 Å². The predicted molar refractivity (Wildman–Crippen MR) is 115 cm³/mol. The Bertz CT molecular complexity index is 969. The predicted octanol–water partition coefficient (Wildman–Crippen LogP) is 4.17. The fraction of sp³-hybridized carbons (Fsp3) is 0.458. The summed E-state index contributed by atoms with van der Waals surface area (Å²) in [5.74, 6) is 0.484. The number of likely N-dealkylation sites (tertiary alicyclic amines) is 1. The summed E-state index contributed by atoms with van der Waals surface area (Å²) < 4.78 is 0. The van der Waals surface area contributed by atoms with Crippen molar-refractivity contribution in [1.82, 2.24) is 19.9 Å². The fourth-order valence-electron chi connectivity index (χ4n) is 5.00. The molecule has 4 heterocycles. The van der Waals surface area contributed by atoms with Gasteiger partial charge in [-0.3, -0.25) is 9.88 Å². The molecule has 5 heteroatoms. The molecule has 1 N–H and O–H groups in total. The lowest BCUT2D eigenvalue weighted by Crippen LogP contribution is -2.48. The molecule has 2 atom stereocenters. The minimum Gasteiger partial charge on any atom is -0.391 e. The van der Waals surface area contributed by atoms with E-state index in [2.05, 4.69) is 33.1 Å². The highest BCUT2D eigenvalue weighted by Crippen LogP contribution is 2.32. The quantitative estimate of drug-likeness (QED) is 0.729. The first-order valence-electron chi connectivity index (χ1n) is 10.9. The molecule has 2 aliphatic rings. The van der Waals surface area contributed by atoms with Gasteiger partial charge in [0.1, 0.15) is 0 Å². The topological polar surface area (TPSA) is 62.1 Å². The van der Waals surface area contributed by atoms with Crippen molar-refractivity contribution in [3.8, 4) is 11.1 Å². The molecule has 0 radical (unpaired) electrons. The minimum atomic E-state index is -0.141. The van der Waals surface area contributed by atoms with E-state index in [1.807, 2.05) is 18.3 Å². The molecule has 5 rings (SSSR count). The fourth-order valence-corrected chi connectivity index (χ4v) is 5.00. The Balaban J connectivity index is 1.30. The molecule has 0 aromatic carbocycles. The third kappa shape index (κ3) is 3.89. The summed E-state index contributed by atoms with van der Waals surface area (Å²) in [4.78, 5) is 16.1. The van der Waals surface area contributed by atoms with Gasteiger partial charge in [0, 0.05) is 47.2 Å². The first-order valence-corrected chi connectivity index (χ1v) is 10.9. The lowest BCUT2D eigenvalue weighted by Gasteiger charge is -2.41. The van der Waals surface area contributed by atoms with E-state index in [4.69, 9.17) is 4.98 Å². The third-order valence-corrected chi connectivity index (χ3v) is 6.69. The largest absolute Gasteiger partial charge is 0.391 e. The summed E-state index contributed by atoms with van der Waals surface area (Å²) in [6.45, 7) is 2.11. The van der Waals surface area contributed by atoms with Crippen molar-refractivity contribution < 1.29 is 5.11 Å². The smallest absolute Gasteiger partial charge is 0.159 e. The second kappa shape index (κ2) is 8.17. The van der Waals surface area contributed by atoms with Gasteiger partial charge in [-0.05, 0) is 74.7 Å². The molecule has 5 nitrogen and oxygen atoms in total. The molecule has 1 saturated heterocycles. The molecular weight excluding hydrogens is 360 g/mol. The molecule has 0 bridgehead atoms. The maximum atomic E-state index is 10.4. The zero-order valence-corrected chi connectivity index (χ0v) is 16.7. The second-order valence-corrected chi connectivity index (χ2v) is 8.47. The van der Waals surface area contributed by atoms with Crippen LogP contribution < -0.4 is 0 Å². The van der Waals surface area contributed by atoms with E-state index in [0.29, 0.717) is 12.0 Å². The highest BCUT2D eigenvalue weighted by Gasteiger charge is 2.32. The number of piperidine rings is 1. The number of aromatic nitrogens is 3. The minimum absolute atomic E-state index is 0.141. The number of aliphatic hydroxyl groups excluding tert-OH is 1. The van der Waals surface area contributed by atoms with E-state index in [1.165, 1.54) is 12.8 Å². The Kier molecular flexibility index (Phi) is 5.25. The van der Waals surface area contributed by atoms with E-state index < -0.39 is 0 Å². The van der Waals surface area contributed by atoms with Crippen molar-refractivity contribution in [2.24, 2.45) is 0 Å². The van der Waals surface area contributed by atoms with E-state index in [0.717, 1.165) is 66.6 Å². The van der Waals surface area contributed by atoms with Gasteiger partial charge >= 0.3 is 0 Å². The maximum absolute atomic E-state index is 10.4. The van der Waals surface area contributed by atoms with Crippen LogP contribution in [0.25, 0.3) is 22.2 Å². The van der Waals surface area contributed by atoms with E-state index in [1.54, 1.807) is 12.4 Å². The van der Waals surface area contributed by atoms with Gasteiger partial charge in [-0.15, -0.1) is 0 Å². The van der Waals surface area contributed by atoms with Gasteiger partial charge < -0.3 is 5.11 Å². The average molecular weight is 389 g/mol. The number of hydrogen-bond acceptors (Lipinski definition) is 5. The standard InChI is InChI=1S/C24H28N4O/c29-23-4-2-1-3-22(23)28-13-9-18(10-14-28)21-6-5-19-15-20(16-26-24(19)27-21)17-7-11-25-12-8-17/h5-8,11-12,15-16,18,22-23,29H,1-4,9-10,13-14H2. The van der Waals surface area contributed by atoms with Gasteiger partial charge in [0.05, 0.1) is 6.10 Å². The number of hydrogen-bond donors (Lipinski definition) is 1. The lowest BCUT2D eigenvalue weighted by atomic mass is 9.87. The van der Waals surface area contributed by atoms with E-state index >= 15 is 0 Å². The van der Waals surface area contributed by atoms with Crippen LogP contribution in [0.4, 0.5) is 0 Å². The Hall–Kier alpha value is -2.37. The summed E-state index contributed by atoms with van der Waals surface area (Å²) in [6, 6.07) is 10.9. The number of aliphatic hydroxyl groups is 1. The van der Waals surface area contributed by atoms with Crippen molar-refractivity contribution in [3.05, 3.63) is 54.6 Å². The molecule has 1 saturated carbocycles. The van der Waals surface area contributed by atoms with Crippen LogP contribution in [0.1, 0.15) is 50.1 Å². The van der Waals surface area contributed by atoms with Crippen molar-refractivity contribution >= 4 is 11.0 Å². The maximum Gasteiger partial charge on any atom is 0.159 e. The van der Waals surface area contributed by atoms with Gasteiger partial charge in [-0.1, -0.05) is 12.8 Å².